The Morgan fingerprint density at radius 2 is 1.72 bits per heavy atom. The number of hydrogen-bond donors (Lipinski definition) is 3. The Morgan fingerprint density at radius 3 is 2.45 bits per heavy atom. The van der Waals surface area contributed by atoms with Gasteiger partial charge in [-0.1, -0.05) is 68.4 Å². The van der Waals surface area contributed by atoms with Gasteiger partial charge in [-0.2, -0.15) is 8.42 Å². The van der Waals surface area contributed by atoms with Gasteiger partial charge in [0, 0.05) is 13.0 Å². The van der Waals surface area contributed by atoms with E-state index >= 15 is 0 Å². The van der Waals surface area contributed by atoms with Crippen LogP contribution in [-0.2, 0) is 14.9 Å². The summed E-state index contributed by atoms with van der Waals surface area (Å²) in [5.41, 5.74) is 0. The number of allylic oxidation sites excluding steroid dienone is 6. The molecular formula is C22H37NO5S. The van der Waals surface area contributed by atoms with Crippen molar-refractivity contribution in [2.75, 3.05) is 12.3 Å². The van der Waals surface area contributed by atoms with Crippen molar-refractivity contribution in [3.63, 3.8) is 0 Å². The molecule has 0 aromatic carbocycles. The van der Waals surface area contributed by atoms with Crippen LogP contribution in [0.25, 0.3) is 0 Å². The van der Waals surface area contributed by atoms with Crippen molar-refractivity contribution in [2.45, 2.75) is 70.8 Å². The van der Waals surface area contributed by atoms with E-state index in [1.54, 1.807) is 6.08 Å². The van der Waals surface area contributed by atoms with E-state index in [0.29, 0.717) is 19.3 Å². The molecule has 3 N–H and O–H groups in total. The molecule has 0 aromatic rings. The Bertz CT molecular complexity index is 636. The van der Waals surface area contributed by atoms with E-state index in [4.69, 9.17) is 4.55 Å². The summed E-state index contributed by atoms with van der Waals surface area (Å²) in [7, 11) is -4.03. The zero-order valence-corrected chi connectivity index (χ0v) is 18.3. The summed E-state index contributed by atoms with van der Waals surface area (Å²) < 4.78 is 29.6. The fraction of sp³-hybridized carbons (Fsp3) is 0.591. The van der Waals surface area contributed by atoms with Gasteiger partial charge in [-0.25, -0.2) is 0 Å². The third-order valence-corrected chi connectivity index (χ3v) is 4.71. The summed E-state index contributed by atoms with van der Waals surface area (Å²) in [4.78, 5) is 11.5. The van der Waals surface area contributed by atoms with Crippen molar-refractivity contribution in [3.8, 4) is 0 Å². The van der Waals surface area contributed by atoms with Gasteiger partial charge in [0.25, 0.3) is 10.1 Å². The first-order valence-corrected chi connectivity index (χ1v) is 12.0. The monoisotopic (exact) mass is 427 g/mol. The van der Waals surface area contributed by atoms with Gasteiger partial charge in [0.1, 0.15) is 0 Å². The van der Waals surface area contributed by atoms with Gasteiger partial charge in [0.2, 0.25) is 5.91 Å². The molecule has 0 bridgehead atoms. The lowest BCUT2D eigenvalue weighted by atomic mass is 10.1. The number of aliphatic hydroxyl groups excluding tert-OH is 1. The molecule has 0 fully saturated rings. The van der Waals surface area contributed by atoms with Gasteiger partial charge in [0.05, 0.1) is 11.9 Å². The second-order valence-corrected chi connectivity index (χ2v) is 8.39. The summed E-state index contributed by atoms with van der Waals surface area (Å²) in [6, 6.07) is 0. The minimum Gasteiger partial charge on any atom is -0.389 e. The molecule has 0 aliphatic rings. The maximum atomic E-state index is 11.5. The number of rotatable bonds is 17. The maximum Gasteiger partial charge on any atom is 0.266 e. The molecule has 1 amide bonds. The molecule has 0 aromatic heterocycles. The smallest absolute Gasteiger partial charge is 0.266 e. The molecule has 0 rings (SSSR count). The van der Waals surface area contributed by atoms with Crippen LogP contribution < -0.4 is 5.32 Å². The Balaban J connectivity index is 3.69. The Labute approximate surface area is 176 Å². The summed E-state index contributed by atoms with van der Waals surface area (Å²) in [5, 5.41) is 12.3. The van der Waals surface area contributed by atoms with Crippen LogP contribution in [0.4, 0.5) is 0 Å². The Morgan fingerprint density at radius 1 is 1.00 bits per heavy atom. The van der Waals surface area contributed by atoms with Crippen LogP contribution in [-0.4, -0.2) is 42.4 Å². The van der Waals surface area contributed by atoms with Gasteiger partial charge in [-0.05, 0) is 38.5 Å². The number of hydrogen-bond acceptors (Lipinski definition) is 4. The average Bonchev–Trinajstić information content (AvgIpc) is 2.65. The molecule has 0 radical (unpaired) electrons. The van der Waals surface area contributed by atoms with Crippen LogP contribution in [0.3, 0.4) is 0 Å². The normalized spacial score (nSPS) is 13.9. The van der Waals surface area contributed by atoms with Crippen LogP contribution in [0.15, 0.2) is 48.6 Å². The molecule has 29 heavy (non-hydrogen) atoms. The van der Waals surface area contributed by atoms with Gasteiger partial charge in [0.15, 0.2) is 0 Å². The van der Waals surface area contributed by atoms with Crippen LogP contribution in [0.1, 0.15) is 64.7 Å². The van der Waals surface area contributed by atoms with E-state index in [1.807, 2.05) is 36.5 Å². The standard InChI is InChI=1S/C22H37NO5S/c1-2-3-4-5-10-13-16-21(24)17-14-11-8-6-7-9-12-15-18-22(25)23-19-20-29(26,27)28/h7-11,13-14,17,21,24H,2-6,12,15-16,18-20H2,1H3,(H,23,25)(H,26,27,28). The Hall–Kier alpha value is -1.70. The number of carbonyl (C=O) groups excluding carboxylic acids is 1. The number of unbranched alkanes of at least 4 members (excludes halogenated alkanes) is 4. The van der Waals surface area contributed by atoms with Crippen LogP contribution in [0.2, 0.25) is 0 Å². The number of nitrogens with one attached hydrogen (secondary N) is 1. The lowest BCUT2D eigenvalue weighted by molar-refractivity contribution is -0.121. The largest absolute Gasteiger partial charge is 0.389 e. The van der Waals surface area contributed by atoms with E-state index in [9.17, 15) is 18.3 Å². The molecule has 0 heterocycles. The highest BCUT2D eigenvalue weighted by Gasteiger charge is 2.05. The minimum atomic E-state index is -4.03. The van der Waals surface area contributed by atoms with E-state index in [0.717, 1.165) is 19.3 Å². The molecular weight excluding hydrogens is 390 g/mol. The van der Waals surface area contributed by atoms with E-state index in [1.165, 1.54) is 19.3 Å². The van der Waals surface area contributed by atoms with Crippen LogP contribution in [0, 0.1) is 0 Å². The molecule has 0 saturated carbocycles. The first-order chi connectivity index (χ1) is 13.8. The second-order valence-electron chi connectivity index (χ2n) is 6.82. The predicted octanol–water partition coefficient (Wildman–Crippen LogP) is 4.11. The SMILES string of the molecule is CCCCCC=CCC(O)C=CC=CCC=CCCCC(=O)NCCS(=O)(=O)O. The molecule has 166 valence electrons. The Kier molecular flexibility index (Phi) is 17.3. The van der Waals surface area contributed by atoms with Crippen molar-refractivity contribution in [3.05, 3.63) is 48.6 Å². The lowest BCUT2D eigenvalue weighted by Gasteiger charge is -2.02. The molecule has 0 spiro atoms. The van der Waals surface area contributed by atoms with Crippen molar-refractivity contribution >= 4 is 16.0 Å². The highest BCUT2D eigenvalue weighted by atomic mass is 32.2. The first-order valence-electron chi connectivity index (χ1n) is 10.4. The molecule has 7 heteroatoms. The highest BCUT2D eigenvalue weighted by Crippen LogP contribution is 2.02. The molecule has 6 nitrogen and oxygen atoms in total. The zero-order chi connectivity index (χ0) is 21.8. The van der Waals surface area contributed by atoms with E-state index in [2.05, 4.69) is 18.3 Å². The lowest BCUT2D eigenvalue weighted by Crippen LogP contribution is -2.28. The quantitative estimate of drug-likeness (QED) is 0.140. The van der Waals surface area contributed by atoms with Crippen molar-refractivity contribution in [1.29, 1.82) is 0 Å². The van der Waals surface area contributed by atoms with Gasteiger partial charge < -0.3 is 10.4 Å². The molecule has 0 saturated heterocycles. The second kappa shape index (κ2) is 18.3. The third kappa shape index (κ3) is 22.5. The van der Waals surface area contributed by atoms with E-state index in [-0.39, 0.29) is 12.5 Å². The van der Waals surface area contributed by atoms with E-state index < -0.39 is 22.0 Å². The minimum absolute atomic E-state index is 0.0736. The molecule has 0 aliphatic carbocycles. The summed E-state index contributed by atoms with van der Waals surface area (Å²) in [5.74, 6) is -0.687. The maximum absolute atomic E-state index is 11.5. The van der Waals surface area contributed by atoms with Gasteiger partial charge in [-0.3, -0.25) is 9.35 Å². The van der Waals surface area contributed by atoms with Gasteiger partial charge in [-0.15, -0.1) is 0 Å². The summed E-state index contributed by atoms with van der Waals surface area (Å²) in [6.07, 6.45) is 23.2. The third-order valence-electron chi connectivity index (χ3n) is 3.99. The topological polar surface area (TPSA) is 104 Å². The molecule has 0 aliphatic heterocycles. The number of carbonyl (C=O) groups is 1. The number of aliphatic hydroxyl groups is 1. The molecule has 1 unspecified atom stereocenters. The van der Waals surface area contributed by atoms with Crippen molar-refractivity contribution in [2.24, 2.45) is 0 Å². The van der Waals surface area contributed by atoms with Crippen molar-refractivity contribution < 1.29 is 22.9 Å². The highest BCUT2D eigenvalue weighted by molar-refractivity contribution is 7.85. The number of amides is 1. The summed E-state index contributed by atoms with van der Waals surface area (Å²) in [6.45, 7) is 2.11. The zero-order valence-electron chi connectivity index (χ0n) is 17.5. The predicted molar refractivity (Wildman–Crippen MR) is 119 cm³/mol. The van der Waals surface area contributed by atoms with Gasteiger partial charge >= 0.3 is 0 Å². The van der Waals surface area contributed by atoms with Crippen LogP contribution in [0.5, 0.6) is 0 Å². The average molecular weight is 428 g/mol. The first kappa shape index (κ1) is 27.3. The fourth-order valence-corrected chi connectivity index (χ4v) is 2.73. The van der Waals surface area contributed by atoms with Crippen LogP contribution >= 0.6 is 0 Å². The van der Waals surface area contributed by atoms with Crippen molar-refractivity contribution in [1.82, 2.24) is 5.32 Å². The summed E-state index contributed by atoms with van der Waals surface area (Å²) >= 11 is 0. The molecule has 1 atom stereocenters. The fourth-order valence-electron chi connectivity index (χ4n) is 2.37.